The van der Waals surface area contributed by atoms with Crippen molar-refractivity contribution >= 4 is 23.7 Å². The van der Waals surface area contributed by atoms with Crippen molar-refractivity contribution in [2.24, 2.45) is 0 Å². The molecule has 0 aliphatic heterocycles. The van der Waals surface area contributed by atoms with Gasteiger partial charge in [0.1, 0.15) is 0 Å². The minimum absolute atomic E-state index is 0.330. The van der Waals surface area contributed by atoms with E-state index in [1.165, 1.54) is 31.4 Å². The summed E-state index contributed by atoms with van der Waals surface area (Å²) in [4.78, 5) is 26.4. The minimum Gasteiger partial charge on any atom is -0.282 e. The lowest BCUT2D eigenvalue weighted by Gasteiger charge is -2.01. The third-order valence-electron chi connectivity index (χ3n) is 1.59. The molecule has 74 valence electrons. The molecule has 1 amide bonds. The van der Waals surface area contributed by atoms with Crippen LogP contribution in [0, 0.1) is 0 Å². The first-order valence-corrected chi connectivity index (χ1v) is 4.26. The molecule has 1 aromatic carbocycles. The van der Waals surface area contributed by atoms with Gasteiger partial charge < -0.3 is 0 Å². The van der Waals surface area contributed by atoms with Crippen LogP contribution in [0.2, 0.25) is 0 Å². The molecule has 0 saturated carbocycles. The first kappa shape index (κ1) is 10.7. The lowest BCUT2D eigenvalue weighted by Crippen LogP contribution is -2.21. The smallest absolute Gasteiger partial charge is 0.274 e. The maximum atomic E-state index is 11.2. The first-order valence-electron chi connectivity index (χ1n) is 3.82. The van der Waals surface area contributed by atoms with Crippen molar-refractivity contribution in [2.75, 3.05) is 7.11 Å². The molecule has 0 aromatic heterocycles. The van der Waals surface area contributed by atoms with Gasteiger partial charge in [-0.15, -0.1) is 12.6 Å². The van der Waals surface area contributed by atoms with Gasteiger partial charge in [-0.3, -0.25) is 14.4 Å². The molecule has 0 saturated heterocycles. The van der Waals surface area contributed by atoms with E-state index in [4.69, 9.17) is 0 Å². The van der Waals surface area contributed by atoms with E-state index in [0.29, 0.717) is 11.1 Å². The molecule has 1 aromatic rings. The highest BCUT2D eigenvalue weighted by atomic mass is 32.1. The molecule has 0 heterocycles. The summed E-state index contributed by atoms with van der Waals surface area (Å²) in [5, 5.41) is -0.330. The Hall–Kier alpha value is -1.33. The van der Waals surface area contributed by atoms with Crippen molar-refractivity contribution in [3.05, 3.63) is 35.4 Å². The first-order chi connectivity index (χ1) is 6.65. The molecular weight excluding hydrogens is 202 g/mol. The van der Waals surface area contributed by atoms with Crippen LogP contribution in [0.25, 0.3) is 0 Å². The number of carbonyl (C=O) groups is 2. The highest BCUT2D eigenvalue weighted by molar-refractivity contribution is 7.97. The Balaban J connectivity index is 2.83. The standard InChI is InChI=1S/C9H9NO3S/c1-13-10-8(11)6-2-4-7(5-3-6)9(12)14/h2-5H,1H3,(H,10,11)(H,12,14). The molecule has 4 nitrogen and oxygen atoms in total. The van der Waals surface area contributed by atoms with Crippen LogP contribution >= 0.6 is 12.6 Å². The molecule has 14 heavy (non-hydrogen) atoms. The summed E-state index contributed by atoms with van der Waals surface area (Å²) in [6.07, 6.45) is 0. The second kappa shape index (κ2) is 4.78. The molecule has 5 heteroatoms. The van der Waals surface area contributed by atoms with Crippen LogP contribution < -0.4 is 5.48 Å². The summed E-state index contributed by atoms with van der Waals surface area (Å²) >= 11 is 3.65. The van der Waals surface area contributed by atoms with E-state index in [-0.39, 0.29) is 11.0 Å². The second-order valence-electron chi connectivity index (χ2n) is 2.52. The number of hydrogen-bond acceptors (Lipinski definition) is 3. The molecule has 0 fully saturated rings. The van der Waals surface area contributed by atoms with Crippen molar-refractivity contribution in [1.29, 1.82) is 0 Å². The number of thiol groups is 1. The topological polar surface area (TPSA) is 55.4 Å². The fourth-order valence-electron chi connectivity index (χ4n) is 0.916. The van der Waals surface area contributed by atoms with Crippen LogP contribution in [0.4, 0.5) is 0 Å². The highest BCUT2D eigenvalue weighted by Gasteiger charge is 2.05. The molecule has 0 aliphatic carbocycles. The number of nitrogens with one attached hydrogen (secondary N) is 1. The van der Waals surface area contributed by atoms with Gasteiger partial charge in [-0.1, -0.05) is 0 Å². The molecular formula is C9H9NO3S. The Kier molecular flexibility index (Phi) is 3.67. The number of benzene rings is 1. The summed E-state index contributed by atoms with van der Waals surface area (Å²) in [7, 11) is 1.35. The lowest BCUT2D eigenvalue weighted by molar-refractivity contribution is 0.0537. The number of hydroxylamine groups is 1. The molecule has 0 unspecified atom stereocenters. The van der Waals surface area contributed by atoms with Crippen LogP contribution in [0.5, 0.6) is 0 Å². The summed E-state index contributed by atoms with van der Waals surface area (Å²) < 4.78 is 0. The van der Waals surface area contributed by atoms with E-state index in [1.807, 2.05) is 0 Å². The van der Waals surface area contributed by atoms with Crippen molar-refractivity contribution in [3.8, 4) is 0 Å². The van der Waals surface area contributed by atoms with Gasteiger partial charge in [0.15, 0.2) is 0 Å². The maximum absolute atomic E-state index is 11.2. The fourth-order valence-corrected chi connectivity index (χ4v) is 1.06. The van der Waals surface area contributed by atoms with Gasteiger partial charge in [0.05, 0.1) is 7.11 Å². The van der Waals surface area contributed by atoms with E-state index < -0.39 is 0 Å². The van der Waals surface area contributed by atoms with Gasteiger partial charge in [-0.2, -0.15) is 0 Å². The van der Waals surface area contributed by atoms with Crippen molar-refractivity contribution in [1.82, 2.24) is 5.48 Å². The van der Waals surface area contributed by atoms with Gasteiger partial charge in [0, 0.05) is 11.1 Å². The Bertz CT molecular complexity index is 348. The van der Waals surface area contributed by atoms with E-state index in [9.17, 15) is 9.59 Å². The number of hydrogen-bond donors (Lipinski definition) is 2. The van der Waals surface area contributed by atoms with Crippen molar-refractivity contribution in [3.63, 3.8) is 0 Å². The van der Waals surface area contributed by atoms with E-state index in [1.54, 1.807) is 0 Å². The Morgan fingerprint density at radius 2 is 1.71 bits per heavy atom. The number of rotatable bonds is 3. The maximum Gasteiger partial charge on any atom is 0.274 e. The highest BCUT2D eigenvalue weighted by Crippen LogP contribution is 2.06. The van der Waals surface area contributed by atoms with Gasteiger partial charge in [0.2, 0.25) is 5.12 Å². The third kappa shape index (κ3) is 2.58. The molecule has 1 N–H and O–H groups in total. The van der Waals surface area contributed by atoms with E-state index >= 15 is 0 Å². The zero-order valence-electron chi connectivity index (χ0n) is 7.48. The normalized spacial score (nSPS) is 9.57. The average molecular weight is 211 g/mol. The van der Waals surface area contributed by atoms with Crippen molar-refractivity contribution < 1.29 is 14.4 Å². The van der Waals surface area contributed by atoms with Gasteiger partial charge >= 0.3 is 0 Å². The number of carbonyl (C=O) groups excluding carboxylic acids is 2. The van der Waals surface area contributed by atoms with Crippen LogP contribution in [-0.2, 0) is 4.84 Å². The zero-order valence-corrected chi connectivity index (χ0v) is 8.38. The minimum atomic E-state index is -0.356. The Morgan fingerprint density at radius 3 is 2.14 bits per heavy atom. The van der Waals surface area contributed by atoms with E-state index in [0.717, 1.165) is 0 Å². The Morgan fingerprint density at radius 1 is 1.21 bits per heavy atom. The summed E-state index contributed by atoms with van der Waals surface area (Å²) in [5.74, 6) is -0.356. The predicted molar refractivity (Wildman–Crippen MR) is 54.2 cm³/mol. The van der Waals surface area contributed by atoms with Crippen LogP contribution in [0.15, 0.2) is 24.3 Å². The SMILES string of the molecule is CONC(=O)c1ccc(C(=O)S)cc1. The average Bonchev–Trinajstić information content (AvgIpc) is 2.18. The van der Waals surface area contributed by atoms with Gasteiger partial charge in [-0.25, -0.2) is 5.48 Å². The van der Waals surface area contributed by atoms with E-state index in [2.05, 4.69) is 22.9 Å². The molecule has 1 rings (SSSR count). The van der Waals surface area contributed by atoms with Crippen LogP contribution in [-0.4, -0.2) is 18.1 Å². The molecule has 0 radical (unpaired) electrons. The fraction of sp³-hybridized carbons (Fsp3) is 0.111. The summed E-state index contributed by atoms with van der Waals surface area (Å²) in [6, 6.07) is 6.11. The van der Waals surface area contributed by atoms with Gasteiger partial charge in [-0.05, 0) is 24.3 Å². The lowest BCUT2D eigenvalue weighted by atomic mass is 10.1. The quantitative estimate of drug-likeness (QED) is 0.580. The predicted octanol–water partition coefficient (Wildman–Crippen LogP) is 1.05. The molecule has 0 aliphatic rings. The Labute approximate surface area is 86.6 Å². The third-order valence-corrected chi connectivity index (χ3v) is 1.85. The van der Waals surface area contributed by atoms with Gasteiger partial charge in [0.25, 0.3) is 5.91 Å². The molecule has 0 atom stereocenters. The zero-order chi connectivity index (χ0) is 10.6. The summed E-state index contributed by atoms with van der Waals surface area (Å²) in [5.41, 5.74) is 3.04. The monoisotopic (exact) mass is 211 g/mol. The molecule has 0 spiro atoms. The number of amides is 1. The van der Waals surface area contributed by atoms with Crippen LogP contribution in [0.3, 0.4) is 0 Å². The largest absolute Gasteiger partial charge is 0.282 e. The summed E-state index contributed by atoms with van der Waals surface area (Å²) in [6.45, 7) is 0. The molecule has 0 bridgehead atoms. The second-order valence-corrected chi connectivity index (χ2v) is 2.92. The van der Waals surface area contributed by atoms with Crippen molar-refractivity contribution in [2.45, 2.75) is 0 Å². The van der Waals surface area contributed by atoms with Crippen LogP contribution in [0.1, 0.15) is 20.7 Å².